The number of rotatable bonds is 1. The average molecular weight is 451 g/mol. The first-order valence-corrected chi connectivity index (χ1v) is 12.4. The lowest BCUT2D eigenvalue weighted by atomic mass is 9.92. The van der Waals surface area contributed by atoms with Crippen molar-refractivity contribution in [2.24, 2.45) is 0 Å². The molecule has 6 rings (SSSR count). The molecule has 0 aliphatic rings. The van der Waals surface area contributed by atoms with Crippen molar-refractivity contribution in [3.05, 3.63) is 109 Å². The van der Waals surface area contributed by atoms with E-state index < -0.39 is 0 Å². The van der Waals surface area contributed by atoms with E-state index in [2.05, 4.69) is 110 Å². The molecule has 0 spiro atoms. The van der Waals surface area contributed by atoms with E-state index in [4.69, 9.17) is 5.11 Å². The van der Waals surface area contributed by atoms with Crippen LogP contribution in [0.25, 0.3) is 43.1 Å². The molecule has 1 heteroatoms. The maximum absolute atomic E-state index is 7.00. The number of fused-ring (bicyclic) bond motifs is 1. The van der Waals surface area contributed by atoms with Gasteiger partial charge < -0.3 is 5.11 Å². The number of aliphatic hydroxyl groups excluding tert-OH is 1. The predicted molar refractivity (Wildman–Crippen MR) is 154 cm³/mol. The molecule has 0 radical (unpaired) electrons. The summed E-state index contributed by atoms with van der Waals surface area (Å²) in [4.78, 5) is 0. The molecule has 6 aromatic rings. The molecule has 0 aliphatic heterocycles. The van der Waals surface area contributed by atoms with Crippen LogP contribution in [0.15, 0.2) is 103 Å². The Morgan fingerprint density at radius 3 is 1.15 bits per heavy atom. The minimum absolute atomic E-state index is 1.00. The summed E-state index contributed by atoms with van der Waals surface area (Å²) in [6.45, 7) is 10.2. The Bertz CT molecular complexity index is 1270. The van der Waals surface area contributed by atoms with E-state index in [-0.39, 0.29) is 0 Å². The first-order valence-electron chi connectivity index (χ1n) is 12.4. The van der Waals surface area contributed by atoms with Gasteiger partial charge in [0, 0.05) is 7.11 Å². The van der Waals surface area contributed by atoms with Gasteiger partial charge in [-0.05, 0) is 55.1 Å². The molecule has 0 saturated heterocycles. The molecular formula is C33H38O. The molecule has 0 aliphatic carbocycles. The number of hydrogen-bond acceptors (Lipinski definition) is 1. The summed E-state index contributed by atoms with van der Waals surface area (Å²) in [5.74, 6) is 0. The van der Waals surface area contributed by atoms with Crippen LogP contribution < -0.4 is 0 Å². The van der Waals surface area contributed by atoms with Crippen molar-refractivity contribution >= 4 is 43.1 Å². The minimum Gasteiger partial charge on any atom is -0.400 e. The molecule has 0 unspecified atom stereocenters. The lowest BCUT2D eigenvalue weighted by molar-refractivity contribution is 0.399. The van der Waals surface area contributed by atoms with Crippen molar-refractivity contribution < 1.29 is 5.11 Å². The zero-order valence-corrected chi connectivity index (χ0v) is 21.5. The lowest BCUT2D eigenvalue weighted by Gasteiger charge is -2.11. The third kappa shape index (κ3) is 5.92. The molecule has 6 aromatic carbocycles. The molecule has 0 bridgehead atoms. The molecular weight excluding hydrogens is 412 g/mol. The molecule has 0 aromatic heterocycles. The molecule has 0 fully saturated rings. The predicted octanol–water partition coefficient (Wildman–Crippen LogP) is 9.65. The van der Waals surface area contributed by atoms with E-state index in [0.717, 1.165) is 13.5 Å². The van der Waals surface area contributed by atoms with E-state index in [1.165, 1.54) is 48.7 Å². The maximum atomic E-state index is 7.00. The van der Waals surface area contributed by atoms with Crippen molar-refractivity contribution in [3.8, 4) is 0 Å². The fourth-order valence-corrected chi connectivity index (χ4v) is 4.16. The first kappa shape index (κ1) is 26.8. The zero-order chi connectivity index (χ0) is 24.9. The van der Waals surface area contributed by atoms with Crippen LogP contribution in [-0.4, -0.2) is 12.2 Å². The number of aryl methyl sites for hydroxylation is 1. The topological polar surface area (TPSA) is 20.2 Å². The standard InChI is InChI=1S/C18H14.C10H8.2C2H6.CH4O/c1-2-12-10-15-8-6-13-4-3-5-14-7-9-16(11-12)18(15)17(13)14;1-2-6-10-8-4-3-7-9(10)5-1;3*1-2/h3-11H,2H2,1H3;1-8H;2*1-2H3;2H,1H3. The Kier molecular flexibility index (Phi) is 11.0. The quantitative estimate of drug-likeness (QED) is 0.247. The van der Waals surface area contributed by atoms with Crippen LogP contribution in [0.1, 0.15) is 40.2 Å². The molecule has 1 N–H and O–H groups in total. The van der Waals surface area contributed by atoms with Gasteiger partial charge in [-0.25, -0.2) is 0 Å². The summed E-state index contributed by atoms with van der Waals surface area (Å²) >= 11 is 0. The number of benzene rings is 6. The highest BCUT2D eigenvalue weighted by atomic mass is 16.2. The Labute approximate surface area is 205 Å². The fourth-order valence-electron chi connectivity index (χ4n) is 4.16. The van der Waals surface area contributed by atoms with Gasteiger partial charge in [-0.1, -0.05) is 138 Å². The number of hydrogen-bond donors (Lipinski definition) is 1. The second-order valence-corrected chi connectivity index (χ2v) is 7.33. The van der Waals surface area contributed by atoms with Gasteiger partial charge in [-0.15, -0.1) is 0 Å². The molecule has 0 heterocycles. The van der Waals surface area contributed by atoms with Gasteiger partial charge in [0.05, 0.1) is 0 Å². The minimum atomic E-state index is 1.00. The summed E-state index contributed by atoms with van der Waals surface area (Å²) in [5.41, 5.74) is 1.42. The van der Waals surface area contributed by atoms with Gasteiger partial charge in [0.2, 0.25) is 0 Å². The zero-order valence-electron chi connectivity index (χ0n) is 21.5. The second-order valence-electron chi connectivity index (χ2n) is 7.33. The van der Waals surface area contributed by atoms with Gasteiger partial charge in [-0.2, -0.15) is 0 Å². The Balaban J connectivity index is 0.000000218. The highest BCUT2D eigenvalue weighted by molar-refractivity contribution is 6.23. The van der Waals surface area contributed by atoms with Crippen LogP contribution in [0.3, 0.4) is 0 Å². The van der Waals surface area contributed by atoms with Crippen molar-refractivity contribution in [1.82, 2.24) is 0 Å². The van der Waals surface area contributed by atoms with E-state index in [0.29, 0.717) is 0 Å². The monoisotopic (exact) mass is 450 g/mol. The van der Waals surface area contributed by atoms with Gasteiger partial charge in [0.1, 0.15) is 0 Å². The third-order valence-corrected chi connectivity index (χ3v) is 5.59. The van der Waals surface area contributed by atoms with E-state index in [9.17, 15) is 0 Å². The van der Waals surface area contributed by atoms with Crippen LogP contribution in [0.5, 0.6) is 0 Å². The Morgan fingerprint density at radius 2 is 0.765 bits per heavy atom. The van der Waals surface area contributed by atoms with Crippen LogP contribution in [0.4, 0.5) is 0 Å². The largest absolute Gasteiger partial charge is 0.400 e. The Hall–Kier alpha value is -3.42. The van der Waals surface area contributed by atoms with E-state index in [1.807, 2.05) is 27.7 Å². The van der Waals surface area contributed by atoms with Crippen LogP contribution in [0.2, 0.25) is 0 Å². The third-order valence-electron chi connectivity index (χ3n) is 5.59. The number of aliphatic hydroxyl groups is 1. The molecule has 176 valence electrons. The SMILES string of the molecule is CC.CC.CCc1cc2ccc3cccc4ccc(c1)c2c34.CO.c1ccc2ccccc2c1. The Morgan fingerprint density at radius 1 is 0.441 bits per heavy atom. The van der Waals surface area contributed by atoms with Gasteiger partial charge in [0.25, 0.3) is 0 Å². The van der Waals surface area contributed by atoms with Crippen LogP contribution in [-0.2, 0) is 6.42 Å². The highest BCUT2D eigenvalue weighted by Gasteiger charge is 2.08. The van der Waals surface area contributed by atoms with Crippen LogP contribution in [0, 0.1) is 0 Å². The summed E-state index contributed by atoms with van der Waals surface area (Å²) in [6.07, 6.45) is 1.09. The van der Waals surface area contributed by atoms with Crippen molar-refractivity contribution in [1.29, 1.82) is 0 Å². The first-order chi connectivity index (χ1) is 16.8. The van der Waals surface area contributed by atoms with Gasteiger partial charge >= 0.3 is 0 Å². The van der Waals surface area contributed by atoms with E-state index in [1.54, 1.807) is 0 Å². The van der Waals surface area contributed by atoms with Crippen molar-refractivity contribution in [3.63, 3.8) is 0 Å². The van der Waals surface area contributed by atoms with Crippen molar-refractivity contribution in [2.75, 3.05) is 7.11 Å². The van der Waals surface area contributed by atoms with Crippen LogP contribution >= 0.6 is 0 Å². The second kappa shape index (κ2) is 14.0. The summed E-state index contributed by atoms with van der Waals surface area (Å²) in [6, 6.07) is 36.9. The fraction of sp³-hybridized carbons (Fsp3) is 0.212. The van der Waals surface area contributed by atoms with Crippen molar-refractivity contribution in [2.45, 2.75) is 41.0 Å². The van der Waals surface area contributed by atoms with Gasteiger partial charge in [0.15, 0.2) is 0 Å². The molecule has 0 atom stereocenters. The smallest absolute Gasteiger partial charge is 0.0319 e. The summed E-state index contributed by atoms with van der Waals surface area (Å²) < 4.78 is 0. The summed E-state index contributed by atoms with van der Waals surface area (Å²) in [5, 5.41) is 17.9. The normalized spacial score (nSPS) is 9.74. The lowest BCUT2D eigenvalue weighted by Crippen LogP contribution is -1.86. The molecule has 1 nitrogen and oxygen atoms in total. The highest BCUT2D eigenvalue weighted by Crippen LogP contribution is 2.35. The molecule has 0 amide bonds. The van der Waals surface area contributed by atoms with E-state index >= 15 is 0 Å². The summed E-state index contributed by atoms with van der Waals surface area (Å²) in [7, 11) is 1.00. The maximum Gasteiger partial charge on any atom is 0.0319 e. The molecule has 0 saturated carbocycles. The molecule has 34 heavy (non-hydrogen) atoms. The average Bonchev–Trinajstić information content (AvgIpc) is 2.95. The van der Waals surface area contributed by atoms with Gasteiger partial charge in [-0.3, -0.25) is 0 Å².